The summed E-state index contributed by atoms with van der Waals surface area (Å²) in [5, 5.41) is 7.43. The first-order valence-electron chi connectivity index (χ1n) is 9.30. The van der Waals surface area contributed by atoms with Crippen LogP contribution in [0.25, 0.3) is 0 Å². The zero-order chi connectivity index (χ0) is 18.6. The molecule has 1 aliphatic heterocycles. The summed E-state index contributed by atoms with van der Waals surface area (Å²) in [4.78, 5) is 19.1. The highest BCUT2D eigenvalue weighted by Crippen LogP contribution is 2.22. The first-order valence-corrected chi connectivity index (χ1v) is 9.30. The van der Waals surface area contributed by atoms with E-state index >= 15 is 0 Å². The monoisotopic (exact) mass is 364 g/mol. The van der Waals surface area contributed by atoms with Gasteiger partial charge in [0.1, 0.15) is 0 Å². The molecule has 0 saturated carbocycles. The molecule has 0 fully saturated rings. The Hall–Kier alpha value is -2.93. The number of nitrogens with one attached hydrogen (secondary N) is 1. The summed E-state index contributed by atoms with van der Waals surface area (Å²) in [6, 6.07) is 9.48. The lowest BCUT2D eigenvalue weighted by Gasteiger charge is -2.34. The molecule has 3 aromatic rings. The van der Waals surface area contributed by atoms with E-state index in [4.69, 9.17) is 0 Å². The Bertz CT molecular complexity index is 900. The van der Waals surface area contributed by atoms with E-state index in [1.54, 1.807) is 0 Å². The number of aryl methyl sites for hydroxylation is 1. The minimum atomic E-state index is -0.0430. The summed E-state index contributed by atoms with van der Waals surface area (Å²) < 4.78 is 4.12. The van der Waals surface area contributed by atoms with Gasteiger partial charge in [-0.25, -0.2) is 4.98 Å². The van der Waals surface area contributed by atoms with Crippen LogP contribution >= 0.6 is 0 Å². The van der Waals surface area contributed by atoms with Gasteiger partial charge < -0.3 is 9.88 Å². The van der Waals surface area contributed by atoms with Crippen LogP contribution in [-0.2, 0) is 19.6 Å². The average molecular weight is 364 g/mol. The lowest BCUT2D eigenvalue weighted by Crippen LogP contribution is -2.42. The van der Waals surface area contributed by atoms with Crippen molar-refractivity contribution in [2.75, 3.05) is 13.1 Å². The molecule has 140 valence electrons. The second-order valence-electron chi connectivity index (χ2n) is 6.90. The Morgan fingerprint density at radius 1 is 1.26 bits per heavy atom. The number of aromatic nitrogens is 4. The van der Waals surface area contributed by atoms with Gasteiger partial charge in [0.05, 0.1) is 24.3 Å². The van der Waals surface area contributed by atoms with Crippen LogP contribution < -0.4 is 5.32 Å². The van der Waals surface area contributed by atoms with Crippen molar-refractivity contribution < 1.29 is 4.79 Å². The number of hydrogen-bond acceptors (Lipinski definition) is 4. The average Bonchev–Trinajstić information content (AvgIpc) is 3.35. The molecule has 0 bridgehead atoms. The lowest BCUT2D eigenvalue weighted by atomic mass is 10.1. The SMILES string of the molecule is CCn1cc(CN2Cc3cncn3C(CNC(=O)c3ccccc3)C2)cn1. The largest absolute Gasteiger partial charge is 0.350 e. The van der Waals surface area contributed by atoms with Crippen molar-refractivity contribution in [2.45, 2.75) is 32.6 Å². The van der Waals surface area contributed by atoms with Gasteiger partial charge in [-0.2, -0.15) is 5.10 Å². The smallest absolute Gasteiger partial charge is 0.251 e. The number of fused-ring (bicyclic) bond motifs is 1. The highest BCUT2D eigenvalue weighted by molar-refractivity contribution is 5.94. The minimum absolute atomic E-state index is 0.0430. The van der Waals surface area contributed by atoms with E-state index in [1.165, 1.54) is 11.3 Å². The molecular weight excluding hydrogens is 340 g/mol. The van der Waals surface area contributed by atoms with Gasteiger partial charge in [-0.3, -0.25) is 14.4 Å². The van der Waals surface area contributed by atoms with Crippen LogP contribution in [0.3, 0.4) is 0 Å². The minimum Gasteiger partial charge on any atom is -0.350 e. The molecule has 1 aliphatic rings. The third-order valence-corrected chi connectivity index (χ3v) is 4.95. The maximum atomic E-state index is 12.4. The van der Waals surface area contributed by atoms with Crippen LogP contribution in [0.5, 0.6) is 0 Å². The molecule has 1 aromatic carbocycles. The summed E-state index contributed by atoms with van der Waals surface area (Å²) >= 11 is 0. The number of nitrogens with zero attached hydrogens (tertiary/aromatic N) is 5. The first-order chi connectivity index (χ1) is 13.2. The van der Waals surface area contributed by atoms with Crippen molar-refractivity contribution in [3.05, 3.63) is 72.1 Å². The summed E-state index contributed by atoms with van der Waals surface area (Å²) in [5.74, 6) is -0.0430. The molecule has 3 heterocycles. The molecule has 1 atom stereocenters. The van der Waals surface area contributed by atoms with E-state index in [-0.39, 0.29) is 11.9 Å². The Morgan fingerprint density at radius 2 is 2.11 bits per heavy atom. The highest BCUT2D eigenvalue weighted by atomic mass is 16.1. The fraction of sp³-hybridized carbons (Fsp3) is 0.350. The van der Waals surface area contributed by atoms with Gasteiger partial charge in [0.25, 0.3) is 5.91 Å². The van der Waals surface area contributed by atoms with Gasteiger partial charge in [-0.15, -0.1) is 0 Å². The molecule has 4 rings (SSSR count). The second-order valence-corrected chi connectivity index (χ2v) is 6.90. The van der Waals surface area contributed by atoms with Crippen LogP contribution in [0.2, 0.25) is 0 Å². The second kappa shape index (κ2) is 7.75. The van der Waals surface area contributed by atoms with Crippen LogP contribution in [-0.4, -0.2) is 43.2 Å². The van der Waals surface area contributed by atoms with Gasteiger partial charge in [-0.05, 0) is 19.1 Å². The lowest BCUT2D eigenvalue weighted by molar-refractivity contribution is 0.0935. The number of rotatable bonds is 6. The fourth-order valence-electron chi connectivity index (χ4n) is 3.57. The number of carbonyl (C=O) groups excluding carboxylic acids is 1. The maximum Gasteiger partial charge on any atom is 0.251 e. The van der Waals surface area contributed by atoms with Crippen molar-refractivity contribution in [1.82, 2.24) is 29.5 Å². The molecule has 2 aromatic heterocycles. The molecule has 0 spiro atoms. The molecule has 0 saturated heterocycles. The first kappa shape index (κ1) is 17.5. The molecule has 1 N–H and O–H groups in total. The normalized spacial score (nSPS) is 16.9. The third kappa shape index (κ3) is 3.93. The summed E-state index contributed by atoms with van der Waals surface area (Å²) in [6.07, 6.45) is 7.80. The molecule has 0 aliphatic carbocycles. The molecular formula is C20H24N6O. The van der Waals surface area contributed by atoms with Crippen molar-refractivity contribution in [1.29, 1.82) is 0 Å². The number of carbonyl (C=O) groups is 1. The topological polar surface area (TPSA) is 68.0 Å². The van der Waals surface area contributed by atoms with Crippen molar-refractivity contribution >= 4 is 5.91 Å². The van der Waals surface area contributed by atoms with E-state index in [0.717, 1.165) is 26.2 Å². The summed E-state index contributed by atoms with van der Waals surface area (Å²) in [7, 11) is 0. The Labute approximate surface area is 158 Å². The Balaban J connectivity index is 1.43. The predicted molar refractivity (Wildman–Crippen MR) is 102 cm³/mol. The van der Waals surface area contributed by atoms with Gasteiger partial charge in [0.2, 0.25) is 0 Å². The third-order valence-electron chi connectivity index (χ3n) is 4.95. The summed E-state index contributed by atoms with van der Waals surface area (Å²) in [5.41, 5.74) is 3.06. The number of hydrogen-bond donors (Lipinski definition) is 1. The van der Waals surface area contributed by atoms with Crippen molar-refractivity contribution in [3.63, 3.8) is 0 Å². The predicted octanol–water partition coefficient (Wildman–Crippen LogP) is 2.09. The van der Waals surface area contributed by atoms with Crippen molar-refractivity contribution in [2.24, 2.45) is 0 Å². The van der Waals surface area contributed by atoms with Gasteiger partial charge in [-0.1, -0.05) is 18.2 Å². The van der Waals surface area contributed by atoms with E-state index in [9.17, 15) is 4.79 Å². The van der Waals surface area contributed by atoms with E-state index in [2.05, 4.69) is 38.0 Å². The highest BCUT2D eigenvalue weighted by Gasteiger charge is 2.25. The van der Waals surface area contributed by atoms with Gasteiger partial charge in [0.15, 0.2) is 0 Å². The van der Waals surface area contributed by atoms with Crippen molar-refractivity contribution in [3.8, 4) is 0 Å². The van der Waals surface area contributed by atoms with Gasteiger partial charge >= 0.3 is 0 Å². The molecule has 7 nitrogen and oxygen atoms in total. The maximum absolute atomic E-state index is 12.4. The van der Waals surface area contributed by atoms with Crippen LogP contribution in [0.4, 0.5) is 0 Å². The number of benzene rings is 1. The quantitative estimate of drug-likeness (QED) is 0.727. The Kier molecular flexibility index (Phi) is 5.02. The molecule has 1 amide bonds. The van der Waals surface area contributed by atoms with Crippen LogP contribution in [0.15, 0.2) is 55.2 Å². The van der Waals surface area contributed by atoms with E-state index < -0.39 is 0 Å². The number of amides is 1. The van der Waals surface area contributed by atoms with E-state index in [1.807, 2.05) is 53.7 Å². The molecule has 0 radical (unpaired) electrons. The van der Waals surface area contributed by atoms with Crippen LogP contribution in [0.1, 0.15) is 34.6 Å². The zero-order valence-corrected chi connectivity index (χ0v) is 15.5. The van der Waals surface area contributed by atoms with E-state index in [0.29, 0.717) is 12.1 Å². The standard InChI is InChI=1S/C20H24N6O/c1-2-25-12-16(8-23-25)11-24-13-18-9-21-15-26(18)19(14-24)10-22-20(27)17-6-4-3-5-7-17/h3-9,12,15,19H,2,10-11,13-14H2,1H3,(H,22,27). The molecule has 7 heteroatoms. The zero-order valence-electron chi connectivity index (χ0n) is 15.5. The summed E-state index contributed by atoms with van der Waals surface area (Å²) in [6.45, 7) is 6.08. The van der Waals surface area contributed by atoms with Gasteiger partial charge in [0, 0.05) is 56.2 Å². The number of imidazole rings is 1. The molecule has 27 heavy (non-hydrogen) atoms. The fourth-order valence-corrected chi connectivity index (χ4v) is 3.57. The van der Waals surface area contributed by atoms with Crippen LogP contribution in [0, 0.1) is 0 Å². The Morgan fingerprint density at radius 3 is 2.89 bits per heavy atom. The molecule has 1 unspecified atom stereocenters.